The van der Waals surface area contributed by atoms with Crippen LogP contribution in [0.15, 0.2) is 18.2 Å². The van der Waals surface area contributed by atoms with Gasteiger partial charge in [0.15, 0.2) is 0 Å². The van der Waals surface area contributed by atoms with Gasteiger partial charge in [0, 0.05) is 48.8 Å². The summed E-state index contributed by atoms with van der Waals surface area (Å²) in [6.45, 7) is 4.36. The fraction of sp³-hybridized carbons (Fsp3) is 0.565. The number of aromatic amines is 1. The lowest BCUT2D eigenvalue weighted by Gasteiger charge is -2.43. The fourth-order valence-electron chi connectivity index (χ4n) is 5.30. The first-order valence-corrected chi connectivity index (χ1v) is 10.8. The number of benzene rings is 1. The lowest BCUT2D eigenvalue weighted by Crippen LogP contribution is -2.51. The van der Waals surface area contributed by atoms with E-state index in [1.165, 1.54) is 7.11 Å². The van der Waals surface area contributed by atoms with Crippen molar-refractivity contribution in [2.24, 2.45) is 5.92 Å². The molecule has 1 fully saturated rings. The molecular weight excluding hydrogens is 382 g/mol. The molecule has 3 heterocycles. The monoisotopic (exact) mass is 413 g/mol. The van der Waals surface area contributed by atoms with Crippen LogP contribution in [0.4, 0.5) is 0 Å². The van der Waals surface area contributed by atoms with E-state index in [1.807, 2.05) is 19.1 Å². The number of ether oxygens (including phenoxy) is 1. The van der Waals surface area contributed by atoms with Gasteiger partial charge in [0.05, 0.1) is 18.6 Å². The predicted molar refractivity (Wildman–Crippen MR) is 115 cm³/mol. The topological polar surface area (TPSA) is 94.7 Å². The van der Waals surface area contributed by atoms with Crippen molar-refractivity contribution in [1.82, 2.24) is 15.2 Å². The zero-order chi connectivity index (χ0) is 21.5. The van der Waals surface area contributed by atoms with Gasteiger partial charge in [-0.05, 0) is 55.4 Å². The molecule has 2 bridgehead atoms. The van der Waals surface area contributed by atoms with Gasteiger partial charge in [-0.25, -0.2) is 0 Å². The second kappa shape index (κ2) is 8.04. The van der Waals surface area contributed by atoms with Crippen LogP contribution < -0.4 is 5.32 Å². The largest absolute Gasteiger partial charge is 0.469 e. The number of hydrogen-bond acceptors (Lipinski definition) is 5. The number of methoxy groups -OCH3 is 1. The van der Waals surface area contributed by atoms with Gasteiger partial charge in [-0.15, -0.1) is 0 Å². The number of nitrogens with zero attached hydrogens (tertiary/aromatic N) is 1. The summed E-state index contributed by atoms with van der Waals surface area (Å²) in [7, 11) is 3.05. The first-order valence-electron chi connectivity index (χ1n) is 10.8. The highest BCUT2D eigenvalue weighted by Gasteiger charge is 2.40. The molecule has 1 aromatic carbocycles. The van der Waals surface area contributed by atoms with Crippen molar-refractivity contribution in [3.8, 4) is 0 Å². The summed E-state index contributed by atoms with van der Waals surface area (Å²) >= 11 is 0. The Hall–Kier alpha value is -2.38. The standard InChI is InChI=1S/C23H31N3O4/c1-4-23(29)11-14-9-18(22(28)30-3)20-16(7-8-26(12-14)13-23)17-10-15(21(27)24-2)5-6-19(17)25-20/h5-6,10,14,18,25,29H,4,7-9,11-13H2,1-3H3,(H,24,27)/t14-,18?,23-/m0/s1. The number of carbonyl (C=O) groups is 2. The highest BCUT2D eigenvalue weighted by molar-refractivity contribution is 5.99. The average molecular weight is 414 g/mol. The lowest BCUT2D eigenvalue weighted by molar-refractivity contribution is -0.143. The molecule has 1 aromatic heterocycles. The first kappa shape index (κ1) is 20.9. The van der Waals surface area contributed by atoms with E-state index in [0.717, 1.165) is 41.7 Å². The van der Waals surface area contributed by atoms with Crippen LogP contribution in [-0.2, 0) is 16.0 Å². The number of H-pyrrole nitrogens is 1. The molecule has 0 saturated carbocycles. The molecule has 162 valence electrons. The van der Waals surface area contributed by atoms with Gasteiger partial charge >= 0.3 is 5.97 Å². The number of hydrogen-bond donors (Lipinski definition) is 3. The molecule has 2 aromatic rings. The Balaban J connectivity index is 1.81. The Morgan fingerprint density at radius 2 is 2.20 bits per heavy atom. The van der Waals surface area contributed by atoms with E-state index in [9.17, 15) is 14.7 Å². The maximum atomic E-state index is 12.8. The van der Waals surface area contributed by atoms with Crippen molar-refractivity contribution in [3.05, 3.63) is 35.0 Å². The number of nitrogens with one attached hydrogen (secondary N) is 2. The van der Waals surface area contributed by atoms with Gasteiger partial charge in [0.25, 0.3) is 5.91 Å². The number of aliphatic hydroxyl groups is 1. The fourth-order valence-corrected chi connectivity index (χ4v) is 5.30. The molecule has 0 aliphatic carbocycles. The number of rotatable bonds is 3. The zero-order valence-electron chi connectivity index (χ0n) is 18.0. The van der Waals surface area contributed by atoms with Gasteiger partial charge in [-0.3, -0.25) is 14.5 Å². The molecule has 4 atom stereocenters. The maximum Gasteiger partial charge on any atom is 0.314 e. The number of amides is 1. The average Bonchev–Trinajstić information content (AvgIpc) is 3.13. The van der Waals surface area contributed by atoms with Crippen molar-refractivity contribution in [2.75, 3.05) is 33.8 Å². The van der Waals surface area contributed by atoms with Crippen LogP contribution in [0.5, 0.6) is 0 Å². The summed E-state index contributed by atoms with van der Waals surface area (Å²) in [5.74, 6) is -0.586. The summed E-state index contributed by atoms with van der Waals surface area (Å²) in [6.07, 6.45) is 2.77. The molecule has 3 N–H and O–H groups in total. The van der Waals surface area contributed by atoms with Crippen LogP contribution in [0.2, 0.25) is 0 Å². The van der Waals surface area contributed by atoms with Crippen molar-refractivity contribution >= 4 is 22.8 Å². The number of carbonyl (C=O) groups excluding carboxylic acids is 2. The van der Waals surface area contributed by atoms with Gasteiger partial charge in [0.1, 0.15) is 0 Å². The van der Waals surface area contributed by atoms with Crippen LogP contribution in [0.3, 0.4) is 0 Å². The minimum absolute atomic E-state index is 0.132. The van der Waals surface area contributed by atoms with Crippen LogP contribution >= 0.6 is 0 Å². The molecule has 7 heteroatoms. The second-order valence-electron chi connectivity index (χ2n) is 8.80. The molecule has 2 unspecified atom stereocenters. The van der Waals surface area contributed by atoms with Gasteiger partial charge in [0.2, 0.25) is 0 Å². The van der Waals surface area contributed by atoms with Crippen molar-refractivity contribution in [3.63, 3.8) is 0 Å². The summed E-state index contributed by atoms with van der Waals surface area (Å²) in [5, 5.41) is 14.7. The number of fused-ring (bicyclic) bond motifs is 5. The molecule has 0 radical (unpaired) electrons. The Morgan fingerprint density at radius 1 is 1.40 bits per heavy atom. The maximum absolute atomic E-state index is 12.8. The second-order valence-corrected chi connectivity index (χ2v) is 8.80. The minimum atomic E-state index is -0.712. The Morgan fingerprint density at radius 3 is 2.90 bits per heavy atom. The molecule has 2 aliphatic rings. The van der Waals surface area contributed by atoms with E-state index in [1.54, 1.807) is 13.1 Å². The molecule has 4 rings (SSSR count). The Bertz CT molecular complexity index is 969. The van der Waals surface area contributed by atoms with Crippen LogP contribution in [0.1, 0.15) is 53.7 Å². The SMILES string of the molecule is CC[C@]1(O)C[C@@H]2CC(C(=O)OC)c3[nH]c4ccc(C(=O)NC)cc4c3CCN(C2)C1. The molecule has 1 amide bonds. The quantitative estimate of drug-likeness (QED) is 0.671. The van der Waals surface area contributed by atoms with Crippen molar-refractivity contribution in [2.45, 2.75) is 44.1 Å². The molecule has 0 spiro atoms. The third kappa shape index (κ3) is 3.72. The zero-order valence-corrected chi connectivity index (χ0v) is 18.0. The van der Waals surface area contributed by atoms with Crippen LogP contribution in [0.25, 0.3) is 10.9 Å². The van der Waals surface area contributed by atoms with E-state index in [4.69, 9.17) is 4.74 Å². The van der Waals surface area contributed by atoms with E-state index in [0.29, 0.717) is 31.4 Å². The number of piperidine rings is 1. The Labute approximate surface area is 176 Å². The molecule has 7 nitrogen and oxygen atoms in total. The predicted octanol–water partition coefficient (Wildman–Crippen LogP) is 2.19. The summed E-state index contributed by atoms with van der Waals surface area (Å²) < 4.78 is 5.18. The summed E-state index contributed by atoms with van der Waals surface area (Å²) in [6, 6.07) is 5.60. The third-order valence-corrected chi connectivity index (χ3v) is 6.87. The number of aromatic nitrogens is 1. The van der Waals surface area contributed by atoms with Crippen LogP contribution in [-0.4, -0.2) is 66.3 Å². The highest BCUT2D eigenvalue weighted by atomic mass is 16.5. The molecule has 1 saturated heterocycles. The van der Waals surface area contributed by atoms with Gasteiger partial charge < -0.3 is 20.1 Å². The van der Waals surface area contributed by atoms with E-state index >= 15 is 0 Å². The van der Waals surface area contributed by atoms with E-state index in [-0.39, 0.29) is 17.8 Å². The van der Waals surface area contributed by atoms with E-state index < -0.39 is 11.5 Å². The number of esters is 1. The van der Waals surface area contributed by atoms with Gasteiger partial charge in [-0.2, -0.15) is 0 Å². The Kier molecular flexibility index (Phi) is 5.59. The smallest absolute Gasteiger partial charge is 0.314 e. The molecular formula is C23H31N3O4. The summed E-state index contributed by atoms with van der Waals surface area (Å²) in [4.78, 5) is 30.8. The molecule has 30 heavy (non-hydrogen) atoms. The highest BCUT2D eigenvalue weighted by Crippen LogP contribution is 2.39. The first-order chi connectivity index (χ1) is 14.4. The van der Waals surface area contributed by atoms with Gasteiger partial charge in [-0.1, -0.05) is 6.92 Å². The van der Waals surface area contributed by atoms with E-state index in [2.05, 4.69) is 15.2 Å². The third-order valence-electron chi connectivity index (χ3n) is 6.87. The van der Waals surface area contributed by atoms with Crippen molar-refractivity contribution < 1.29 is 19.4 Å². The molecule has 2 aliphatic heterocycles. The normalized spacial score (nSPS) is 28.7. The van der Waals surface area contributed by atoms with Crippen molar-refractivity contribution in [1.29, 1.82) is 0 Å². The lowest BCUT2D eigenvalue weighted by atomic mass is 9.79. The summed E-state index contributed by atoms with van der Waals surface area (Å²) in [5.41, 5.74) is 2.77. The van der Waals surface area contributed by atoms with Crippen LogP contribution in [0, 0.1) is 5.92 Å². The minimum Gasteiger partial charge on any atom is -0.469 e.